The predicted molar refractivity (Wildman–Crippen MR) is 125 cm³/mol. The molecule has 4 unspecified atom stereocenters. The molecule has 0 aromatic heterocycles. The van der Waals surface area contributed by atoms with E-state index in [0.717, 1.165) is 18.2 Å². The molecule has 1 N–H and O–H groups in total. The standard InChI is InChI=1S/C27H25NO8/c1-13-11-20(30)19-12-18-16(7-8-17-22(18)26(33)28(25(17)32)27(34)35-2)21(23(19)24(13)31)14-3-5-15(6-4-14)36-10-9-29/h3-7,11,17-18,21-22,29H,8-10,12H2,1-2H3. The fourth-order valence-corrected chi connectivity index (χ4v) is 5.93. The van der Waals surface area contributed by atoms with E-state index in [1.54, 1.807) is 31.2 Å². The number of amides is 3. The van der Waals surface area contributed by atoms with Crippen LogP contribution in [0.3, 0.4) is 0 Å². The van der Waals surface area contributed by atoms with Gasteiger partial charge in [0.1, 0.15) is 12.4 Å². The highest BCUT2D eigenvalue weighted by Crippen LogP contribution is 2.55. The van der Waals surface area contributed by atoms with Crippen LogP contribution >= 0.6 is 0 Å². The Labute approximate surface area is 207 Å². The maximum Gasteiger partial charge on any atom is 0.423 e. The first-order chi connectivity index (χ1) is 17.3. The Balaban J connectivity index is 1.61. The van der Waals surface area contributed by atoms with Crippen molar-refractivity contribution in [2.45, 2.75) is 25.7 Å². The van der Waals surface area contributed by atoms with Crippen molar-refractivity contribution in [3.63, 3.8) is 0 Å². The van der Waals surface area contributed by atoms with Crippen LogP contribution in [0.5, 0.6) is 5.75 Å². The number of methoxy groups -OCH3 is 1. The minimum absolute atomic E-state index is 0.130. The molecule has 4 aliphatic rings. The van der Waals surface area contributed by atoms with Crippen LogP contribution < -0.4 is 4.74 Å². The Morgan fingerprint density at radius 3 is 2.47 bits per heavy atom. The molecule has 4 atom stereocenters. The highest BCUT2D eigenvalue weighted by molar-refractivity contribution is 6.24. The molecule has 3 aliphatic carbocycles. The number of hydrogen-bond donors (Lipinski definition) is 1. The van der Waals surface area contributed by atoms with Crippen LogP contribution in [0.4, 0.5) is 4.79 Å². The first-order valence-corrected chi connectivity index (χ1v) is 11.8. The zero-order valence-electron chi connectivity index (χ0n) is 19.9. The van der Waals surface area contributed by atoms with Gasteiger partial charge >= 0.3 is 6.09 Å². The van der Waals surface area contributed by atoms with Gasteiger partial charge in [-0.3, -0.25) is 19.2 Å². The number of fused-ring (bicyclic) bond motifs is 3. The fourth-order valence-electron chi connectivity index (χ4n) is 5.93. The number of carbonyl (C=O) groups is 5. The minimum atomic E-state index is -1.02. The molecule has 1 saturated heterocycles. The molecule has 0 radical (unpaired) electrons. The van der Waals surface area contributed by atoms with Crippen LogP contribution in [-0.2, 0) is 23.9 Å². The summed E-state index contributed by atoms with van der Waals surface area (Å²) in [4.78, 5) is 65.4. The second kappa shape index (κ2) is 8.98. The van der Waals surface area contributed by atoms with Crippen LogP contribution in [0.1, 0.15) is 31.2 Å². The summed E-state index contributed by atoms with van der Waals surface area (Å²) in [5.41, 5.74) is 2.62. The van der Waals surface area contributed by atoms with Crippen LogP contribution in [0, 0.1) is 17.8 Å². The van der Waals surface area contributed by atoms with E-state index in [4.69, 9.17) is 9.84 Å². The highest BCUT2D eigenvalue weighted by atomic mass is 16.5. The van der Waals surface area contributed by atoms with Crippen molar-refractivity contribution < 1.29 is 38.6 Å². The SMILES string of the molecule is COC(=O)N1C(=O)C2CC=C3C(c4ccc(OCCO)cc4)C4=C(CC3C2C1=O)C(=O)C=C(C)C4=O. The topological polar surface area (TPSA) is 127 Å². The molecule has 3 amide bonds. The zero-order valence-corrected chi connectivity index (χ0v) is 19.9. The van der Waals surface area contributed by atoms with Crippen LogP contribution in [0.2, 0.25) is 0 Å². The van der Waals surface area contributed by atoms with Crippen LogP contribution in [0.25, 0.3) is 0 Å². The van der Waals surface area contributed by atoms with Gasteiger partial charge in [0, 0.05) is 22.6 Å². The van der Waals surface area contributed by atoms with Gasteiger partial charge in [-0.25, -0.2) is 4.79 Å². The average Bonchev–Trinajstić information content (AvgIpc) is 3.14. The van der Waals surface area contributed by atoms with Gasteiger partial charge in [0.25, 0.3) is 0 Å². The van der Waals surface area contributed by atoms with Crippen molar-refractivity contribution in [1.29, 1.82) is 0 Å². The molecule has 0 spiro atoms. The number of aliphatic hydroxyl groups excluding tert-OH is 1. The summed E-state index contributed by atoms with van der Waals surface area (Å²) in [6, 6.07) is 7.04. The molecule has 1 heterocycles. The number of ketones is 2. The lowest BCUT2D eigenvalue weighted by Gasteiger charge is -2.42. The van der Waals surface area contributed by atoms with E-state index in [-0.39, 0.29) is 37.6 Å². The normalized spacial score (nSPS) is 27.2. The number of ether oxygens (including phenoxy) is 2. The van der Waals surface area contributed by atoms with Crippen molar-refractivity contribution >= 4 is 29.5 Å². The summed E-state index contributed by atoms with van der Waals surface area (Å²) in [5.74, 6) is -3.85. The Hall–Kier alpha value is -3.85. The number of nitrogens with zero attached hydrogens (tertiary/aromatic N) is 1. The molecular formula is C27H25NO8. The van der Waals surface area contributed by atoms with Gasteiger partial charge in [0.15, 0.2) is 11.6 Å². The molecule has 9 heteroatoms. The van der Waals surface area contributed by atoms with Crippen molar-refractivity contribution in [1.82, 2.24) is 4.90 Å². The third kappa shape index (κ3) is 3.53. The molecule has 1 aliphatic heterocycles. The van der Waals surface area contributed by atoms with E-state index in [1.807, 2.05) is 6.08 Å². The third-order valence-corrected chi connectivity index (χ3v) is 7.50. The summed E-state index contributed by atoms with van der Waals surface area (Å²) in [6.45, 7) is 1.62. The second-order valence-corrected chi connectivity index (χ2v) is 9.35. The van der Waals surface area contributed by atoms with E-state index in [9.17, 15) is 24.0 Å². The molecular weight excluding hydrogens is 466 g/mol. The number of benzene rings is 1. The van der Waals surface area contributed by atoms with E-state index in [2.05, 4.69) is 4.74 Å². The second-order valence-electron chi connectivity index (χ2n) is 9.35. The smallest absolute Gasteiger partial charge is 0.423 e. The molecule has 9 nitrogen and oxygen atoms in total. The van der Waals surface area contributed by atoms with E-state index >= 15 is 0 Å². The van der Waals surface area contributed by atoms with Crippen LogP contribution in [0.15, 0.2) is 58.7 Å². The maximum absolute atomic E-state index is 13.3. The lowest BCUT2D eigenvalue weighted by Crippen LogP contribution is -2.40. The van der Waals surface area contributed by atoms with E-state index < -0.39 is 41.6 Å². The highest BCUT2D eigenvalue weighted by Gasteiger charge is 2.58. The minimum Gasteiger partial charge on any atom is -0.491 e. The number of hydrogen-bond acceptors (Lipinski definition) is 8. The van der Waals surface area contributed by atoms with Crippen LogP contribution in [-0.4, -0.2) is 59.8 Å². The van der Waals surface area contributed by atoms with E-state index in [0.29, 0.717) is 27.4 Å². The monoisotopic (exact) mass is 491 g/mol. The van der Waals surface area contributed by atoms with Gasteiger partial charge in [-0.1, -0.05) is 23.8 Å². The van der Waals surface area contributed by atoms with Gasteiger partial charge in [-0.05, 0) is 49.5 Å². The number of imide groups is 3. The molecule has 1 aromatic carbocycles. The molecule has 0 saturated carbocycles. The molecule has 186 valence electrons. The molecule has 0 bridgehead atoms. The Bertz CT molecular complexity index is 1290. The summed E-state index contributed by atoms with van der Waals surface area (Å²) in [5, 5.41) is 9.01. The average molecular weight is 491 g/mol. The quantitative estimate of drug-likeness (QED) is 0.386. The van der Waals surface area contributed by atoms with Crippen molar-refractivity contribution in [3.05, 3.63) is 64.3 Å². The lowest BCUT2D eigenvalue weighted by atomic mass is 9.59. The Kier molecular flexibility index (Phi) is 5.96. The van der Waals surface area contributed by atoms with Gasteiger partial charge < -0.3 is 14.6 Å². The number of allylic oxidation sites excluding steroid dienone is 6. The van der Waals surface area contributed by atoms with Crippen molar-refractivity contribution in [3.8, 4) is 5.75 Å². The number of aliphatic hydroxyl groups is 1. The molecule has 1 aromatic rings. The van der Waals surface area contributed by atoms with Gasteiger partial charge in [-0.15, -0.1) is 0 Å². The van der Waals surface area contributed by atoms with Gasteiger partial charge in [-0.2, -0.15) is 4.90 Å². The summed E-state index contributed by atoms with van der Waals surface area (Å²) < 4.78 is 10.1. The summed E-state index contributed by atoms with van der Waals surface area (Å²) >= 11 is 0. The van der Waals surface area contributed by atoms with Gasteiger partial charge in [0.05, 0.1) is 25.6 Å². The number of carbonyl (C=O) groups excluding carboxylic acids is 5. The number of likely N-dealkylation sites (tertiary alicyclic amines) is 1. The zero-order chi connectivity index (χ0) is 25.7. The number of rotatable bonds is 4. The fraction of sp³-hybridized carbons (Fsp3) is 0.370. The van der Waals surface area contributed by atoms with Crippen molar-refractivity contribution in [2.75, 3.05) is 20.3 Å². The largest absolute Gasteiger partial charge is 0.491 e. The lowest BCUT2D eigenvalue weighted by molar-refractivity contribution is -0.137. The Morgan fingerprint density at radius 1 is 1.08 bits per heavy atom. The van der Waals surface area contributed by atoms with Gasteiger partial charge in [0.2, 0.25) is 11.8 Å². The molecule has 5 rings (SSSR count). The summed E-state index contributed by atoms with van der Waals surface area (Å²) in [7, 11) is 1.11. The molecule has 1 fully saturated rings. The first-order valence-electron chi connectivity index (χ1n) is 11.8. The third-order valence-electron chi connectivity index (χ3n) is 7.50. The predicted octanol–water partition coefficient (Wildman–Crippen LogP) is 2.25. The van der Waals surface area contributed by atoms with E-state index in [1.165, 1.54) is 6.08 Å². The summed E-state index contributed by atoms with van der Waals surface area (Å²) in [6.07, 6.45) is 2.56. The molecule has 36 heavy (non-hydrogen) atoms. The number of Topliss-reactive ketones (excluding diaryl/α,β-unsaturated/α-hetero) is 1. The first kappa shape index (κ1) is 23.9. The Morgan fingerprint density at radius 2 is 1.81 bits per heavy atom. The maximum atomic E-state index is 13.3. The van der Waals surface area contributed by atoms with Crippen molar-refractivity contribution in [2.24, 2.45) is 17.8 Å².